The second kappa shape index (κ2) is 3.78. The molecule has 0 aliphatic rings. The summed E-state index contributed by atoms with van der Waals surface area (Å²) in [6, 6.07) is 0. The predicted octanol–water partition coefficient (Wildman–Crippen LogP) is 2.08. The van der Waals surface area contributed by atoms with E-state index in [9.17, 15) is 0 Å². The van der Waals surface area contributed by atoms with Crippen LogP contribution in [0.15, 0.2) is 0 Å². The van der Waals surface area contributed by atoms with Crippen LogP contribution in [0.5, 0.6) is 0 Å². The van der Waals surface area contributed by atoms with E-state index in [2.05, 4.69) is 27.7 Å². The van der Waals surface area contributed by atoms with Crippen molar-refractivity contribution in [3.8, 4) is 0 Å². The Hall–Kier alpha value is 0.818. The molecule has 0 unspecified atom stereocenters. The van der Waals surface area contributed by atoms with E-state index in [4.69, 9.17) is 0 Å². The zero-order valence-corrected chi connectivity index (χ0v) is 8.51. The van der Waals surface area contributed by atoms with Gasteiger partial charge < -0.3 is 0 Å². The van der Waals surface area contributed by atoms with Gasteiger partial charge in [0.2, 0.25) is 0 Å². The van der Waals surface area contributed by atoms with Crippen LogP contribution in [0.3, 0.4) is 0 Å². The molecular formula is C6H15Sb. The number of hydrogen-bond acceptors (Lipinski definition) is 0. The van der Waals surface area contributed by atoms with Gasteiger partial charge in [-0.2, -0.15) is 0 Å². The molecule has 0 aromatic rings. The summed E-state index contributed by atoms with van der Waals surface area (Å²) in [5, 5.41) is 0. The van der Waals surface area contributed by atoms with Crippen molar-refractivity contribution < 1.29 is 0 Å². The van der Waals surface area contributed by atoms with E-state index in [1.807, 2.05) is 0 Å². The van der Waals surface area contributed by atoms with E-state index < -0.39 is 0 Å². The van der Waals surface area contributed by atoms with Crippen LogP contribution in [-0.2, 0) is 0 Å². The summed E-state index contributed by atoms with van der Waals surface area (Å²) in [6.45, 7) is 9.36. The van der Waals surface area contributed by atoms with Gasteiger partial charge in [0, 0.05) is 0 Å². The maximum absolute atomic E-state index is 2.34. The molecule has 0 saturated heterocycles. The summed E-state index contributed by atoms with van der Waals surface area (Å²) in [7, 11) is 0. The van der Waals surface area contributed by atoms with Crippen molar-refractivity contribution in [2.75, 3.05) is 0 Å². The van der Waals surface area contributed by atoms with Gasteiger partial charge in [0.1, 0.15) is 0 Å². The molecule has 0 aromatic carbocycles. The molecular weight excluding hydrogens is 194 g/mol. The second-order valence-electron chi connectivity index (χ2n) is 2.48. The molecule has 0 fully saturated rings. The second-order valence-corrected chi connectivity index (χ2v) is 10.0. The van der Waals surface area contributed by atoms with Gasteiger partial charge in [-0.3, -0.25) is 0 Å². The molecule has 0 aliphatic carbocycles. The van der Waals surface area contributed by atoms with Gasteiger partial charge in [-0.05, 0) is 0 Å². The third kappa shape index (κ3) is 6.82. The zero-order valence-electron chi connectivity index (χ0n) is 5.65. The molecule has 44 valence electrons. The standard InChI is InChI=1S/2C3H7.Sb.H/c2*1-3-2;;/h2*3H,1-2H3;;. The van der Waals surface area contributed by atoms with E-state index in [1.165, 1.54) is 0 Å². The van der Waals surface area contributed by atoms with Crippen molar-refractivity contribution >= 4 is 21.6 Å². The first-order valence-corrected chi connectivity index (χ1v) is 6.18. The Morgan fingerprint density at radius 3 is 1.14 bits per heavy atom. The first-order valence-electron chi connectivity index (χ1n) is 2.89. The fourth-order valence-corrected chi connectivity index (χ4v) is 4.47. The molecule has 0 nitrogen and oxygen atoms in total. The summed E-state index contributed by atoms with van der Waals surface area (Å²) in [6.07, 6.45) is 0. The summed E-state index contributed by atoms with van der Waals surface area (Å²) < 4.78 is 2.09. The summed E-state index contributed by atoms with van der Waals surface area (Å²) in [5.41, 5.74) is 0. The van der Waals surface area contributed by atoms with Crippen LogP contribution in [0, 0.1) is 0 Å². The maximum atomic E-state index is 2.34. The van der Waals surface area contributed by atoms with Crippen molar-refractivity contribution in [3.05, 3.63) is 0 Å². The Labute approximate surface area is 57.2 Å². The predicted molar refractivity (Wildman–Crippen MR) is 37.3 cm³/mol. The van der Waals surface area contributed by atoms with Crippen LogP contribution in [0.2, 0.25) is 7.73 Å². The van der Waals surface area contributed by atoms with Crippen LogP contribution in [0.25, 0.3) is 0 Å². The Bertz CT molecular complexity index is 33.4. The van der Waals surface area contributed by atoms with Crippen molar-refractivity contribution in [2.24, 2.45) is 0 Å². The SMILES string of the molecule is C[CH](C)[SbH][CH](C)C. The Balaban J connectivity index is 2.95. The Morgan fingerprint density at radius 2 is 1.14 bits per heavy atom. The molecule has 0 amide bonds. The Kier molecular flexibility index (Phi) is 4.22. The van der Waals surface area contributed by atoms with Crippen molar-refractivity contribution in [3.63, 3.8) is 0 Å². The van der Waals surface area contributed by atoms with Gasteiger partial charge in [-0.15, -0.1) is 0 Å². The normalized spacial score (nSPS) is 11.1. The van der Waals surface area contributed by atoms with Gasteiger partial charge in [0.25, 0.3) is 0 Å². The van der Waals surface area contributed by atoms with E-state index in [-0.39, 0.29) is 21.6 Å². The third-order valence-electron chi connectivity index (χ3n) is 0.667. The molecule has 0 rings (SSSR count). The summed E-state index contributed by atoms with van der Waals surface area (Å²) in [5.74, 6) is 0. The van der Waals surface area contributed by atoms with Gasteiger partial charge in [-0.1, -0.05) is 0 Å². The average molecular weight is 209 g/mol. The first-order chi connectivity index (χ1) is 3.13. The zero-order chi connectivity index (χ0) is 5.86. The molecule has 0 atom stereocenters. The van der Waals surface area contributed by atoms with E-state index >= 15 is 0 Å². The molecule has 1 heteroatoms. The molecule has 0 bridgehead atoms. The number of hydrogen-bond donors (Lipinski definition) is 0. The monoisotopic (exact) mass is 208 g/mol. The van der Waals surface area contributed by atoms with Gasteiger partial charge in [0.05, 0.1) is 0 Å². The van der Waals surface area contributed by atoms with Crippen molar-refractivity contribution in [1.29, 1.82) is 0 Å². The average Bonchev–Trinajstić information content (AvgIpc) is 1.27. The molecule has 0 aliphatic heterocycles. The summed E-state index contributed by atoms with van der Waals surface area (Å²) >= 11 is 0.0389. The quantitative estimate of drug-likeness (QED) is 0.610. The topological polar surface area (TPSA) is 0 Å². The first kappa shape index (κ1) is 7.82. The molecule has 0 radical (unpaired) electrons. The van der Waals surface area contributed by atoms with Crippen LogP contribution in [0.1, 0.15) is 27.7 Å². The Morgan fingerprint density at radius 1 is 0.857 bits per heavy atom. The third-order valence-corrected chi connectivity index (χ3v) is 4.47. The van der Waals surface area contributed by atoms with Crippen LogP contribution < -0.4 is 0 Å². The van der Waals surface area contributed by atoms with E-state index in [0.29, 0.717) is 0 Å². The van der Waals surface area contributed by atoms with E-state index in [1.54, 1.807) is 0 Å². The van der Waals surface area contributed by atoms with Gasteiger partial charge >= 0.3 is 57.0 Å². The van der Waals surface area contributed by atoms with Gasteiger partial charge in [-0.25, -0.2) is 0 Å². The number of rotatable bonds is 2. The molecule has 0 aromatic heterocycles. The van der Waals surface area contributed by atoms with Crippen molar-refractivity contribution in [2.45, 2.75) is 35.4 Å². The van der Waals surface area contributed by atoms with Crippen molar-refractivity contribution in [1.82, 2.24) is 0 Å². The molecule has 0 spiro atoms. The molecule has 0 saturated carbocycles. The fraction of sp³-hybridized carbons (Fsp3) is 1.00. The van der Waals surface area contributed by atoms with Crippen LogP contribution in [0.4, 0.5) is 0 Å². The van der Waals surface area contributed by atoms with Gasteiger partial charge in [0.15, 0.2) is 0 Å². The molecule has 0 N–H and O–H groups in total. The van der Waals surface area contributed by atoms with E-state index in [0.717, 1.165) is 7.73 Å². The minimum absolute atomic E-state index is 0.0389. The summed E-state index contributed by atoms with van der Waals surface area (Å²) in [4.78, 5) is 0. The fourth-order valence-electron chi connectivity index (χ4n) is 0.667. The van der Waals surface area contributed by atoms with Crippen LogP contribution in [-0.4, -0.2) is 21.6 Å². The van der Waals surface area contributed by atoms with Crippen LogP contribution >= 0.6 is 0 Å². The molecule has 0 heterocycles. The molecule has 7 heavy (non-hydrogen) atoms. The minimum atomic E-state index is 0.0389.